The predicted octanol–water partition coefficient (Wildman–Crippen LogP) is 2.64. The average Bonchev–Trinajstić information content (AvgIpc) is 2.99. The zero-order valence-corrected chi connectivity index (χ0v) is 15.1. The summed E-state index contributed by atoms with van der Waals surface area (Å²) in [6.45, 7) is -0.597. The molecule has 0 aliphatic rings. The summed E-state index contributed by atoms with van der Waals surface area (Å²) in [6.07, 6.45) is 1.21. The Kier molecular flexibility index (Phi) is 5.91. The molecule has 0 saturated carbocycles. The van der Waals surface area contributed by atoms with Gasteiger partial charge in [-0.1, -0.05) is 23.2 Å². The normalized spacial score (nSPS) is 10.4. The van der Waals surface area contributed by atoms with Crippen molar-refractivity contribution in [3.8, 4) is 16.9 Å². The molecule has 0 aliphatic carbocycles. The lowest BCUT2D eigenvalue weighted by Gasteiger charge is -2.11. The van der Waals surface area contributed by atoms with E-state index in [1.165, 1.54) is 12.4 Å². The van der Waals surface area contributed by atoms with Crippen LogP contribution >= 0.6 is 35.6 Å². The fourth-order valence-electron chi connectivity index (χ4n) is 2.34. The molecule has 1 amide bonds. The maximum absolute atomic E-state index is 12.2. The molecular weight excluding hydrogens is 407 g/mol. The van der Waals surface area contributed by atoms with E-state index in [0.29, 0.717) is 21.2 Å². The molecule has 136 valence electrons. The van der Waals surface area contributed by atoms with Crippen molar-refractivity contribution in [3.05, 3.63) is 46.3 Å². The number of carbonyl (C=O) groups excluding carboxylic acids is 1. The van der Waals surface area contributed by atoms with E-state index in [1.54, 1.807) is 18.2 Å². The van der Waals surface area contributed by atoms with Gasteiger partial charge in [-0.25, -0.2) is 9.50 Å². The maximum atomic E-state index is 12.2. The second-order valence-corrected chi connectivity index (χ2v) is 5.89. The lowest BCUT2D eigenvalue weighted by molar-refractivity contribution is -0.135. The quantitative estimate of drug-likeness (QED) is 0.601. The molecule has 1 aromatic carbocycles. The van der Waals surface area contributed by atoms with Crippen LogP contribution in [0.3, 0.4) is 0 Å². The van der Waals surface area contributed by atoms with Gasteiger partial charge in [-0.15, -0.1) is 12.4 Å². The number of rotatable bonds is 4. The average molecular weight is 418 g/mol. The molecule has 0 aliphatic heterocycles. The second kappa shape index (κ2) is 7.77. The highest BCUT2D eigenvalue weighted by molar-refractivity contribution is 6.35. The van der Waals surface area contributed by atoms with E-state index in [-0.39, 0.29) is 23.7 Å². The smallest absolute Gasteiger partial charge is 0.322 e. The van der Waals surface area contributed by atoms with E-state index >= 15 is 0 Å². The number of aromatic nitrogens is 3. The van der Waals surface area contributed by atoms with Crippen LogP contribution in [-0.4, -0.2) is 43.2 Å². The van der Waals surface area contributed by atoms with Crippen LogP contribution in [0.25, 0.3) is 16.8 Å². The summed E-state index contributed by atoms with van der Waals surface area (Å²) in [4.78, 5) is 26.9. The van der Waals surface area contributed by atoms with Crippen LogP contribution in [0, 0.1) is 0 Å². The number of nitrogens with zero attached hydrogens (tertiary/aromatic N) is 3. The molecule has 26 heavy (non-hydrogen) atoms. The van der Waals surface area contributed by atoms with Crippen LogP contribution in [0.1, 0.15) is 10.5 Å². The van der Waals surface area contributed by atoms with Gasteiger partial charge in [-0.2, -0.15) is 5.10 Å². The van der Waals surface area contributed by atoms with E-state index in [0.717, 1.165) is 4.52 Å². The molecule has 0 unspecified atom stereocenters. The van der Waals surface area contributed by atoms with Gasteiger partial charge < -0.3 is 15.5 Å². The molecule has 3 N–H and O–H groups in total. The van der Waals surface area contributed by atoms with Crippen molar-refractivity contribution in [2.75, 3.05) is 6.54 Å². The third-order valence-corrected chi connectivity index (χ3v) is 3.75. The van der Waals surface area contributed by atoms with Gasteiger partial charge in [0.05, 0.1) is 0 Å². The summed E-state index contributed by atoms with van der Waals surface area (Å²) < 4.78 is 1.12. The number of benzene rings is 1. The number of aromatic hydroxyl groups is 1. The zero-order chi connectivity index (χ0) is 18.1. The highest BCUT2D eigenvalue weighted by atomic mass is 35.5. The summed E-state index contributed by atoms with van der Waals surface area (Å²) in [6, 6.07) is 6.13. The molecule has 0 fully saturated rings. The standard InChI is InChI=1S/C15H10Cl2N4O4.ClH/c16-8-1-7(2-9(17)3-8)10-4-11(22)13(15(25)18-5-12(23)24)21-14(10)19-6-20-21;/h1-4,6,22H,5H2,(H,18,25)(H,23,24);1H. The van der Waals surface area contributed by atoms with Gasteiger partial charge in [0, 0.05) is 15.6 Å². The minimum absolute atomic E-state index is 0. The van der Waals surface area contributed by atoms with Gasteiger partial charge in [0.25, 0.3) is 5.91 Å². The lowest BCUT2D eigenvalue weighted by atomic mass is 10.1. The monoisotopic (exact) mass is 416 g/mol. The van der Waals surface area contributed by atoms with Gasteiger partial charge in [-0.05, 0) is 29.8 Å². The van der Waals surface area contributed by atoms with Gasteiger partial charge in [0.1, 0.15) is 18.6 Å². The first-order valence-electron chi connectivity index (χ1n) is 6.89. The molecule has 8 nitrogen and oxygen atoms in total. The first-order valence-corrected chi connectivity index (χ1v) is 7.64. The summed E-state index contributed by atoms with van der Waals surface area (Å²) in [5.74, 6) is -2.41. The fourth-order valence-corrected chi connectivity index (χ4v) is 2.87. The van der Waals surface area contributed by atoms with Crippen LogP contribution in [-0.2, 0) is 4.79 Å². The third kappa shape index (κ3) is 3.82. The van der Waals surface area contributed by atoms with E-state index < -0.39 is 24.2 Å². The van der Waals surface area contributed by atoms with Crippen LogP contribution in [0.5, 0.6) is 5.75 Å². The Bertz CT molecular complexity index is 986. The molecule has 0 spiro atoms. The van der Waals surface area contributed by atoms with Crippen LogP contribution in [0.15, 0.2) is 30.6 Å². The van der Waals surface area contributed by atoms with E-state index in [4.69, 9.17) is 28.3 Å². The van der Waals surface area contributed by atoms with Crippen molar-refractivity contribution in [1.82, 2.24) is 19.9 Å². The van der Waals surface area contributed by atoms with E-state index in [1.807, 2.05) is 0 Å². The van der Waals surface area contributed by atoms with Gasteiger partial charge in [0.2, 0.25) is 0 Å². The van der Waals surface area contributed by atoms with Crippen molar-refractivity contribution in [2.45, 2.75) is 0 Å². The van der Waals surface area contributed by atoms with Crippen LogP contribution < -0.4 is 5.32 Å². The zero-order valence-electron chi connectivity index (χ0n) is 12.8. The number of pyridine rings is 1. The van der Waals surface area contributed by atoms with Crippen LogP contribution in [0.2, 0.25) is 10.0 Å². The maximum Gasteiger partial charge on any atom is 0.322 e. The minimum atomic E-state index is -1.21. The Hall–Kier alpha value is -2.55. The molecule has 0 bridgehead atoms. The first kappa shape index (κ1) is 19.8. The number of carboxylic acid groups (broad SMARTS) is 1. The SMILES string of the molecule is Cl.O=C(O)CNC(=O)c1c(O)cc(-c2cc(Cl)cc(Cl)c2)c2ncnn12. The van der Waals surface area contributed by atoms with Gasteiger partial charge in [0.15, 0.2) is 11.3 Å². The third-order valence-electron chi connectivity index (χ3n) is 3.31. The molecule has 3 rings (SSSR count). The van der Waals surface area contributed by atoms with Crippen molar-refractivity contribution in [3.63, 3.8) is 0 Å². The number of carbonyl (C=O) groups is 2. The number of amides is 1. The molecule has 3 aromatic rings. The topological polar surface area (TPSA) is 117 Å². The lowest BCUT2D eigenvalue weighted by Crippen LogP contribution is -2.30. The minimum Gasteiger partial charge on any atom is -0.505 e. The Labute approximate surface area is 162 Å². The van der Waals surface area contributed by atoms with Gasteiger partial charge >= 0.3 is 5.97 Å². The first-order chi connectivity index (χ1) is 11.9. The van der Waals surface area contributed by atoms with E-state index in [2.05, 4.69) is 15.4 Å². The Balaban J connectivity index is 0.00000243. The number of halogens is 3. The molecular formula is C15H11Cl3N4O4. The van der Waals surface area contributed by atoms with Crippen molar-refractivity contribution in [2.24, 2.45) is 0 Å². The summed E-state index contributed by atoms with van der Waals surface area (Å²) in [7, 11) is 0. The number of hydrogen-bond donors (Lipinski definition) is 3. The highest BCUT2D eigenvalue weighted by Gasteiger charge is 2.21. The largest absolute Gasteiger partial charge is 0.505 e. The van der Waals surface area contributed by atoms with Gasteiger partial charge in [-0.3, -0.25) is 9.59 Å². The highest BCUT2D eigenvalue weighted by Crippen LogP contribution is 2.33. The number of fused-ring (bicyclic) bond motifs is 1. The Morgan fingerprint density at radius 3 is 2.42 bits per heavy atom. The molecule has 11 heteroatoms. The molecule has 2 heterocycles. The number of carboxylic acids is 1. The predicted molar refractivity (Wildman–Crippen MR) is 97.3 cm³/mol. The molecule has 0 radical (unpaired) electrons. The van der Waals surface area contributed by atoms with Crippen LogP contribution in [0.4, 0.5) is 0 Å². The summed E-state index contributed by atoms with van der Waals surface area (Å²) in [5, 5.41) is 25.8. The molecule has 2 aromatic heterocycles. The fraction of sp³-hybridized carbons (Fsp3) is 0.0667. The Morgan fingerprint density at radius 2 is 1.81 bits per heavy atom. The molecule has 0 atom stereocenters. The second-order valence-electron chi connectivity index (χ2n) is 5.02. The number of nitrogens with one attached hydrogen (secondary N) is 1. The van der Waals surface area contributed by atoms with E-state index in [9.17, 15) is 14.7 Å². The van der Waals surface area contributed by atoms with Crippen molar-refractivity contribution >= 4 is 53.1 Å². The van der Waals surface area contributed by atoms with Crippen molar-refractivity contribution < 1.29 is 19.8 Å². The number of hydrogen-bond acceptors (Lipinski definition) is 5. The summed E-state index contributed by atoms with van der Waals surface area (Å²) in [5.41, 5.74) is 1.07. The van der Waals surface area contributed by atoms with Crippen molar-refractivity contribution in [1.29, 1.82) is 0 Å². The number of aliphatic carboxylic acids is 1. The Morgan fingerprint density at radius 1 is 1.15 bits per heavy atom. The molecule has 0 saturated heterocycles. The summed E-state index contributed by atoms with van der Waals surface area (Å²) >= 11 is 12.0.